The van der Waals surface area contributed by atoms with Crippen LogP contribution < -0.4 is 26.3 Å². The Kier molecular flexibility index (Phi) is 7.49. The smallest absolute Gasteiger partial charge is 0.330 e. The van der Waals surface area contributed by atoms with Crippen LogP contribution in [0.4, 0.5) is 23.1 Å². The minimum atomic E-state index is -0.597. The summed E-state index contributed by atoms with van der Waals surface area (Å²) in [6.07, 6.45) is 8.51. The molecule has 1 aromatic heterocycles. The molecule has 0 bridgehead atoms. The van der Waals surface area contributed by atoms with Gasteiger partial charge in [-0.3, -0.25) is 14.7 Å². The van der Waals surface area contributed by atoms with E-state index in [2.05, 4.69) is 40.2 Å². The predicted molar refractivity (Wildman–Crippen MR) is 130 cm³/mol. The van der Waals surface area contributed by atoms with Gasteiger partial charge in [-0.1, -0.05) is 12.5 Å². The number of nitrogens with two attached hydrogens (primary N) is 1. The van der Waals surface area contributed by atoms with Gasteiger partial charge in [0.2, 0.25) is 0 Å². The molecule has 0 spiro atoms. The Hall–Kier alpha value is -3.37. The zero-order valence-corrected chi connectivity index (χ0v) is 18.8. The van der Waals surface area contributed by atoms with Crippen LogP contribution in [0.5, 0.6) is 0 Å². The van der Waals surface area contributed by atoms with Crippen molar-refractivity contribution in [1.29, 1.82) is 5.41 Å². The number of hydrazone groups is 1. The van der Waals surface area contributed by atoms with Gasteiger partial charge < -0.3 is 21.8 Å². The van der Waals surface area contributed by atoms with Gasteiger partial charge >= 0.3 is 5.95 Å². The Labute approximate surface area is 188 Å². The molecule has 2 aromatic rings. The molecule has 1 aliphatic rings. The lowest BCUT2D eigenvalue weighted by Gasteiger charge is -2.42. The summed E-state index contributed by atoms with van der Waals surface area (Å²) in [5.74, 6) is 0.389. The van der Waals surface area contributed by atoms with E-state index in [0.717, 1.165) is 24.7 Å². The van der Waals surface area contributed by atoms with Crippen LogP contribution in [-0.4, -0.2) is 61.5 Å². The summed E-state index contributed by atoms with van der Waals surface area (Å²) in [6.45, 7) is 0. The highest BCUT2D eigenvalue weighted by molar-refractivity contribution is 6.14. The Morgan fingerprint density at radius 3 is 2.75 bits per heavy atom. The molecule has 1 heterocycles. The van der Waals surface area contributed by atoms with Crippen molar-refractivity contribution < 1.29 is 4.79 Å². The lowest BCUT2D eigenvalue weighted by Crippen LogP contribution is -2.60. The highest BCUT2D eigenvalue weighted by Crippen LogP contribution is 2.31. The molecule has 0 saturated heterocycles. The molecule has 0 aliphatic heterocycles. The predicted octanol–water partition coefficient (Wildman–Crippen LogP) is 2.46. The first-order chi connectivity index (χ1) is 15.4. The molecule has 1 fully saturated rings. The first kappa shape index (κ1) is 23.3. The third-order valence-corrected chi connectivity index (χ3v) is 5.95. The van der Waals surface area contributed by atoms with Crippen molar-refractivity contribution >= 4 is 41.5 Å². The number of likely N-dealkylation sites (N-methyl/N-ethyl adjacent to an activating group) is 2. The molecular formula is C22H32N9O+. The van der Waals surface area contributed by atoms with Crippen molar-refractivity contribution in [2.24, 2.45) is 10.8 Å². The lowest BCUT2D eigenvalue weighted by atomic mass is 9.88. The number of aromatic nitrogens is 2. The number of nitrogens with zero attached hydrogens (tertiary/aromatic N) is 4. The zero-order chi connectivity index (χ0) is 23.1. The largest absolute Gasteiger partial charge is 0.365 e. The molecule has 10 nitrogen and oxygen atoms in total. The van der Waals surface area contributed by atoms with E-state index in [1.165, 1.54) is 25.3 Å². The monoisotopic (exact) mass is 438 g/mol. The zero-order valence-electron chi connectivity index (χ0n) is 18.8. The van der Waals surface area contributed by atoms with Gasteiger partial charge in [0.15, 0.2) is 5.82 Å². The Morgan fingerprint density at radius 2 is 2.03 bits per heavy atom. The van der Waals surface area contributed by atoms with Crippen molar-refractivity contribution in [3.05, 3.63) is 36.0 Å². The average Bonchev–Trinajstić information content (AvgIpc) is 2.79. The van der Waals surface area contributed by atoms with Crippen LogP contribution >= 0.6 is 0 Å². The minimum absolute atomic E-state index is 0.225. The Morgan fingerprint density at radius 1 is 1.28 bits per heavy atom. The third-order valence-electron chi connectivity index (χ3n) is 5.95. The SMILES string of the molecule is CNC1CCCCC1[N+](C)(C)c1ncc(C(N)=O)c(Nc2cccc(NN=CC=N)c2)n1. The third kappa shape index (κ3) is 5.27. The molecular weight excluding hydrogens is 406 g/mol. The van der Waals surface area contributed by atoms with E-state index < -0.39 is 5.91 Å². The summed E-state index contributed by atoms with van der Waals surface area (Å²) in [5, 5.41) is 17.6. The summed E-state index contributed by atoms with van der Waals surface area (Å²) in [7, 11) is 6.21. The quantitative estimate of drug-likeness (QED) is 0.231. The number of benzene rings is 1. The van der Waals surface area contributed by atoms with Gasteiger partial charge in [-0.15, -0.1) is 0 Å². The Balaban J connectivity index is 1.93. The van der Waals surface area contributed by atoms with Gasteiger partial charge in [-0.2, -0.15) is 15.1 Å². The molecule has 6 N–H and O–H groups in total. The number of nitrogens with one attached hydrogen (secondary N) is 4. The number of amides is 1. The number of primary amides is 1. The average molecular weight is 439 g/mol. The van der Waals surface area contributed by atoms with Crippen LogP contribution in [0.3, 0.4) is 0 Å². The van der Waals surface area contributed by atoms with Crippen molar-refractivity contribution in [2.75, 3.05) is 31.9 Å². The second kappa shape index (κ2) is 10.3. The van der Waals surface area contributed by atoms with E-state index in [4.69, 9.17) is 16.1 Å². The maximum absolute atomic E-state index is 12.0. The van der Waals surface area contributed by atoms with Crippen LogP contribution in [0.25, 0.3) is 0 Å². The highest BCUT2D eigenvalue weighted by Gasteiger charge is 2.40. The standard InChI is InChI=1S/C22H31N9O/c1-25-18-9-4-5-10-19(18)31(2,3)22-26-14-17(20(24)32)21(29-22)28-15-7-6-8-16(13-15)30-27-12-11-23/h6-8,11-14,18-19,25H,4-5,9-10H2,1-3H3,(H4-,23,24,26,28,29,30,32)/p+1. The van der Waals surface area contributed by atoms with Gasteiger partial charge in [0, 0.05) is 18.3 Å². The number of hydrogen-bond acceptors (Lipinski definition) is 8. The molecule has 1 amide bonds. The molecule has 1 aromatic carbocycles. The normalized spacial score (nSPS) is 19.0. The molecule has 3 rings (SSSR count). The van der Waals surface area contributed by atoms with Crippen LogP contribution in [0.15, 0.2) is 35.6 Å². The number of carbonyl (C=O) groups excluding carboxylic acids is 1. The number of hydrogen-bond donors (Lipinski definition) is 5. The number of rotatable bonds is 9. The van der Waals surface area contributed by atoms with Crippen LogP contribution in [0.1, 0.15) is 36.0 Å². The van der Waals surface area contributed by atoms with E-state index >= 15 is 0 Å². The van der Waals surface area contributed by atoms with Crippen LogP contribution in [0, 0.1) is 5.41 Å². The molecule has 1 aliphatic carbocycles. The summed E-state index contributed by atoms with van der Waals surface area (Å²) >= 11 is 0. The number of quaternary nitrogens is 1. The summed E-state index contributed by atoms with van der Waals surface area (Å²) in [4.78, 5) is 21.3. The van der Waals surface area contributed by atoms with Crippen molar-refractivity contribution in [2.45, 2.75) is 37.8 Å². The molecule has 170 valence electrons. The fraction of sp³-hybridized carbons (Fsp3) is 0.409. The molecule has 10 heteroatoms. The Bertz CT molecular complexity index is 989. The van der Waals surface area contributed by atoms with Gasteiger partial charge in [-0.05, 0) is 38.1 Å². The van der Waals surface area contributed by atoms with Crippen LogP contribution in [0.2, 0.25) is 0 Å². The van der Waals surface area contributed by atoms with Crippen molar-refractivity contribution in [3.8, 4) is 0 Å². The van der Waals surface area contributed by atoms with E-state index in [-0.39, 0.29) is 5.56 Å². The van der Waals surface area contributed by atoms with Gasteiger partial charge in [0.1, 0.15) is 11.6 Å². The summed E-state index contributed by atoms with van der Waals surface area (Å²) in [6, 6.07) is 8.06. The van der Waals surface area contributed by atoms with E-state index in [0.29, 0.717) is 34.0 Å². The van der Waals surface area contributed by atoms with Gasteiger partial charge in [0.25, 0.3) is 5.91 Å². The second-order valence-electron chi connectivity index (χ2n) is 8.35. The van der Waals surface area contributed by atoms with Gasteiger partial charge in [0.05, 0.1) is 38.2 Å². The minimum Gasteiger partial charge on any atom is -0.365 e. The molecule has 0 radical (unpaired) electrons. The van der Waals surface area contributed by atoms with Crippen molar-refractivity contribution in [1.82, 2.24) is 19.8 Å². The van der Waals surface area contributed by atoms with Crippen LogP contribution in [-0.2, 0) is 0 Å². The fourth-order valence-corrected chi connectivity index (χ4v) is 4.25. The first-order valence-corrected chi connectivity index (χ1v) is 10.7. The fourth-order valence-electron chi connectivity index (χ4n) is 4.25. The van der Waals surface area contributed by atoms with E-state index in [1.54, 1.807) is 0 Å². The summed E-state index contributed by atoms with van der Waals surface area (Å²) < 4.78 is 0.499. The van der Waals surface area contributed by atoms with E-state index in [9.17, 15) is 4.79 Å². The first-order valence-electron chi connectivity index (χ1n) is 10.7. The molecule has 2 unspecified atom stereocenters. The topological polar surface area (TPSA) is 141 Å². The highest BCUT2D eigenvalue weighted by atomic mass is 16.1. The lowest BCUT2D eigenvalue weighted by molar-refractivity contribution is 0.1000. The molecule has 1 saturated carbocycles. The van der Waals surface area contributed by atoms with E-state index in [1.807, 2.05) is 31.3 Å². The molecule has 2 atom stereocenters. The second-order valence-corrected chi connectivity index (χ2v) is 8.35. The van der Waals surface area contributed by atoms with Crippen molar-refractivity contribution in [3.63, 3.8) is 0 Å². The number of anilines is 3. The molecule has 32 heavy (non-hydrogen) atoms. The maximum atomic E-state index is 12.0. The van der Waals surface area contributed by atoms with Gasteiger partial charge in [-0.25, -0.2) is 0 Å². The maximum Gasteiger partial charge on any atom is 0.330 e. The number of carbonyl (C=O) groups is 1. The summed E-state index contributed by atoms with van der Waals surface area (Å²) in [5.41, 5.74) is 10.1.